The number of thiazole rings is 1. The smallest absolute Gasteiger partial charge is 0.289 e. The molecular formula is C48H49Cl4N13O6S. The Morgan fingerprint density at radius 1 is 0.736 bits per heavy atom. The molecule has 19 nitrogen and oxygen atoms in total. The van der Waals surface area contributed by atoms with E-state index in [1.165, 1.54) is 39.8 Å². The molecule has 9 rings (SSSR count). The van der Waals surface area contributed by atoms with E-state index in [-0.39, 0.29) is 18.3 Å². The Hall–Kier alpha value is -6.52. The number of aromatic nitrogens is 7. The van der Waals surface area contributed by atoms with Crippen molar-refractivity contribution in [2.45, 2.75) is 6.92 Å². The molecule has 0 bridgehead atoms. The number of ether oxygens (including phenoxy) is 4. The molecule has 8 aromatic rings. The van der Waals surface area contributed by atoms with Crippen LogP contribution < -0.4 is 39.4 Å². The Kier molecular flexibility index (Phi) is 15.2. The SMILES string of the molecule is CCN1CCN(c2cnc(C(=O)N(CN(C)CCNc3cc(C(=O)Nc4n[nH]c5cc(-c6c(Cl)c(OC)cc(OC)c6Cl)ccc45)[nH]n3)c3n[nH]c4cc(-c5c(Cl)c(OC)cc(OC)c5Cl)ccc34)s2)CC1. The number of benzene rings is 4. The van der Waals surface area contributed by atoms with Gasteiger partial charge in [-0.3, -0.25) is 34.7 Å². The first kappa shape index (κ1) is 50.4. The van der Waals surface area contributed by atoms with Crippen LogP contribution in [-0.2, 0) is 0 Å². The van der Waals surface area contributed by atoms with Crippen molar-refractivity contribution < 1.29 is 28.5 Å². The number of halogens is 4. The summed E-state index contributed by atoms with van der Waals surface area (Å²) in [5.41, 5.74) is 3.90. The van der Waals surface area contributed by atoms with Gasteiger partial charge in [-0.2, -0.15) is 15.3 Å². The van der Waals surface area contributed by atoms with Gasteiger partial charge in [0.2, 0.25) is 0 Å². The number of aromatic amines is 3. The lowest BCUT2D eigenvalue weighted by molar-refractivity contribution is 0.0970. The van der Waals surface area contributed by atoms with Crippen molar-refractivity contribution in [1.29, 1.82) is 0 Å². The molecule has 1 saturated heterocycles. The summed E-state index contributed by atoms with van der Waals surface area (Å²) in [7, 11) is 7.96. The molecule has 4 aromatic heterocycles. The van der Waals surface area contributed by atoms with Crippen LogP contribution in [-0.4, -0.2) is 145 Å². The van der Waals surface area contributed by atoms with Gasteiger partial charge in [0.05, 0.1) is 72.4 Å². The van der Waals surface area contributed by atoms with Crippen LogP contribution in [0.4, 0.5) is 22.5 Å². The lowest BCUT2D eigenvalue weighted by Crippen LogP contribution is -2.45. The second-order valence-corrected chi connectivity index (χ2v) is 19.2. The molecule has 24 heteroatoms. The van der Waals surface area contributed by atoms with Gasteiger partial charge in [0.15, 0.2) is 16.6 Å². The third kappa shape index (κ3) is 9.99. The molecule has 0 radical (unpaired) electrons. The minimum absolute atomic E-state index is 0.151. The van der Waals surface area contributed by atoms with Crippen LogP contribution >= 0.6 is 57.7 Å². The summed E-state index contributed by atoms with van der Waals surface area (Å²) in [6.45, 7) is 7.76. The van der Waals surface area contributed by atoms with Gasteiger partial charge in [-0.1, -0.05) is 76.8 Å². The Morgan fingerprint density at radius 3 is 1.89 bits per heavy atom. The highest BCUT2D eigenvalue weighted by Gasteiger charge is 2.29. The van der Waals surface area contributed by atoms with Gasteiger partial charge in [0.1, 0.15) is 39.5 Å². The van der Waals surface area contributed by atoms with Crippen LogP contribution in [0.15, 0.2) is 60.8 Å². The summed E-state index contributed by atoms with van der Waals surface area (Å²) >= 11 is 28.3. The van der Waals surface area contributed by atoms with Gasteiger partial charge in [0, 0.05) is 79.4 Å². The first-order chi connectivity index (χ1) is 34.8. The van der Waals surface area contributed by atoms with Gasteiger partial charge >= 0.3 is 0 Å². The molecule has 1 aliphatic rings. The van der Waals surface area contributed by atoms with Gasteiger partial charge in [-0.15, -0.1) is 0 Å². The second kappa shape index (κ2) is 21.7. The molecule has 2 amide bonds. The number of rotatable bonds is 18. The number of amides is 2. The third-order valence-electron chi connectivity index (χ3n) is 12.4. The molecule has 0 saturated carbocycles. The zero-order valence-electron chi connectivity index (χ0n) is 39.9. The average molecular weight is 1080 g/mol. The molecule has 0 spiro atoms. The lowest BCUT2D eigenvalue weighted by atomic mass is 10.0. The first-order valence-electron chi connectivity index (χ1n) is 22.6. The van der Waals surface area contributed by atoms with Gasteiger partial charge in [-0.05, 0) is 49.0 Å². The molecule has 1 fully saturated rings. The molecule has 0 aliphatic carbocycles. The Bertz CT molecular complexity index is 3240. The largest absolute Gasteiger partial charge is 0.495 e. The molecule has 0 unspecified atom stereocenters. The Labute approximate surface area is 437 Å². The number of piperazine rings is 1. The number of methoxy groups -OCH3 is 4. The molecule has 5 heterocycles. The van der Waals surface area contributed by atoms with E-state index in [1.54, 1.807) is 35.4 Å². The quantitative estimate of drug-likeness (QED) is 0.0508. The Morgan fingerprint density at radius 2 is 1.31 bits per heavy atom. The first-order valence-corrected chi connectivity index (χ1v) is 24.9. The number of hydrogen-bond donors (Lipinski definition) is 5. The maximum atomic E-state index is 14.6. The highest BCUT2D eigenvalue weighted by molar-refractivity contribution is 7.17. The van der Waals surface area contributed by atoms with Crippen molar-refractivity contribution in [2.24, 2.45) is 0 Å². The lowest BCUT2D eigenvalue weighted by Gasteiger charge is -2.34. The maximum Gasteiger partial charge on any atom is 0.289 e. The van der Waals surface area contributed by atoms with Crippen LogP contribution in [0.3, 0.4) is 0 Å². The fourth-order valence-corrected chi connectivity index (χ4v) is 10.8. The number of carbonyl (C=O) groups is 2. The van der Waals surface area contributed by atoms with E-state index >= 15 is 0 Å². The van der Waals surface area contributed by atoms with E-state index in [1.807, 2.05) is 42.3 Å². The van der Waals surface area contributed by atoms with E-state index in [0.717, 1.165) is 37.7 Å². The molecule has 4 aromatic carbocycles. The van der Waals surface area contributed by atoms with Gasteiger partial charge < -0.3 is 39.4 Å². The van der Waals surface area contributed by atoms with Crippen molar-refractivity contribution in [3.05, 3.63) is 91.6 Å². The van der Waals surface area contributed by atoms with Crippen molar-refractivity contribution in [1.82, 2.24) is 45.4 Å². The van der Waals surface area contributed by atoms with Crippen molar-refractivity contribution >= 4 is 114 Å². The standard InChI is InChI=1S/C48H49Cl4N13O6S/c1-7-63-14-16-64(17-15-63)37-23-54-47(72-37)48(67)65(45-28-11-9-26(19-30(28)57-61-45)39-42(51)34(70-5)22-35(71-6)43(39)52)24-62(2)13-12-53-36-20-31(58-59-36)46(66)55-44-27-10-8-25(18-29(27)56-60-44)38-40(49)32(68-3)21-33(69-4)41(38)50/h8-11,18-23H,7,12-17,24H2,1-6H3,(H,57,61)(H2,53,58,59)(H2,55,56,60,66). The van der Waals surface area contributed by atoms with Gasteiger partial charge in [0.25, 0.3) is 11.8 Å². The molecule has 1 aliphatic heterocycles. The number of anilines is 4. The van der Waals surface area contributed by atoms with Crippen molar-refractivity contribution in [3.8, 4) is 45.3 Å². The second-order valence-electron chi connectivity index (χ2n) is 16.6. The van der Waals surface area contributed by atoms with E-state index in [2.05, 4.69) is 62.9 Å². The number of fused-ring (bicyclic) bond motifs is 2. The fourth-order valence-electron chi connectivity index (χ4n) is 8.44. The number of carbonyl (C=O) groups excluding carboxylic acids is 2. The van der Waals surface area contributed by atoms with Crippen LogP contribution in [0.1, 0.15) is 27.2 Å². The summed E-state index contributed by atoms with van der Waals surface area (Å²) in [4.78, 5) is 41.0. The maximum absolute atomic E-state index is 14.6. The summed E-state index contributed by atoms with van der Waals surface area (Å²) < 4.78 is 21.9. The fraction of sp³-hybridized carbons (Fsp3) is 0.292. The van der Waals surface area contributed by atoms with Crippen LogP contribution in [0.5, 0.6) is 23.0 Å². The number of hydrogen-bond acceptors (Lipinski definition) is 15. The predicted molar refractivity (Wildman–Crippen MR) is 285 cm³/mol. The third-order valence-corrected chi connectivity index (χ3v) is 14.9. The zero-order valence-corrected chi connectivity index (χ0v) is 43.7. The summed E-state index contributed by atoms with van der Waals surface area (Å²) in [5, 5.41) is 32.3. The zero-order chi connectivity index (χ0) is 50.8. The van der Waals surface area contributed by atoms with Crippen molar-refractivity contribution in [2.75, 3.05) is 108 Å². The topological polar surface area (TPSA) is 207 Å². The molecule has 0 atom stereocenters. The molecule has 5 N–H and O–H groups in total. The van der Waals surface area contributed by atoms with Crippen LogP contribution in [0.2, 0.25) is 20.1 Å². The molecule has 376 valence electrons. The van der Waals surface area contributed by atoms with E-state index in [0.29, 0.717) is 123 Å². The van der Waals surface area contributed by atoms with Gasteiger partial charge in [-0.25, -0.2) is 4.98 Å². The highest BCUT2D eigenvalue weighted by atomic mass is 35.5. The summed E-state index contributed by atoms with van der Waals surface area (Å²) in [6.07, 6.45) is 1.77. The van der Waals surface area contributed by atoms with Crippen molar-refractivity contribution in [3.63, 3.8) is 0 Å². The summed E-state index contributed by atoms with van der Waals surface area (Å²) in [6, 6.07) is 15.9. The number of H-pyrrole nitrogens is 3. The highest BCUT2D eigenvalue weighted by Crippen LogP contribution is 2.48. The normalized spacial score (nSPS) is 13.0. The average Bonchev–Trinajstić information content (AvgIpc) is 4.24. The van der Waals surface area contributed by atoms with Crippen LogP contribution in [0.25, 0.3) is 44.1 Å². The minimum Gasteiger partial charge on any atom is -0.495 e. The predicted octanol–water partition coefficient (Wildman–Crippen LogP) is 9.64. The summed E-state index contributed by atoms with van der Waals surface area (Å²) in [5.74, 6) is 2.03. The van der Waals surface area contributed by atoms with E-state index in [4.69, 9.17) is 65.4 Å². The number of likely N-dealkylation sites (N-methyl/N-ethyl adjacent to an activating group) is 2. The minimum atomic E-state index is -0.454. The Balaban J connectivity index is 0.892. The van der Waals surface area contributed by atoms with Crippen LogP contribution in [0, 0.1) is 0 Å². The van der Waals surface area contributed by atoms with E-state index in [9.17, 15) is 9.59 Å². The molecular weight excluding hydrogens is 1030 g/mol. The van der Waals surface area contributed by atoms with E-state index < -0.39 is 5.91 Å². The molecule has 72 heavy (non-hydrogen) atoms. The number of nitrogens with one attached hydrogen (secondary N) is 5. The number of nitrogens with zero attached hydrogens (tertiary/aromatic N) is 8. The monoisotopic (exact) mass is 1080 g/mol.